The summed E-state index contributed by atoms with van der Waals surface area (Å²) < 4.78 is 1.61. The van der Waals surface area contributed by atoms with Crippen molar-refractivity contribution >= 4 is 17.6 Å². The predicted octanol–water partition coefficient (Wildman–Crippen LogP) is 0.995. The number of hydrogen-bond donors (Lipinski definition) is 1. The van der Waals surface area contributed by atoms with Gasteiger partial charge in [0.2, 0.25) is 0 Å². The van der Waals surface area contributed by atoms with Crippen LogP contribution in [0.25, 0.3) is 0 Å². The summed E-state index contributed by atoms with van der Waals surface area (Å²) in [7, 11) is 1.66. The fourth-order valence-corrected chi connectivity index (χ4v) is 3.89. The number of fused-ring (bicyclic) bond motifs is 3. The molecule has 9 heteroatoms. The van der Waals surface area contributed by atoms with Gasteiger partial charge in [-0.25, -0.2) is 9.67 Å². The Morgan fingerprint density at radius 3 is 2.83 bits per heavy atom. The van der Waals surface area contributed by atoms with Gasteiger partial charge >= 0.3 is 0 Å². The first-order chi connectivity index (χ1) is 14.1. The van der Waals surface area contributed by atoms with Crippen LogP contribution in [0.15, 0.2) is 48.9 Å². The maximum Gasteiger partial charge on any atom is 0.274 e. The molecular formula is C20H19N7O2. The minimum Gasteiger partial charge on any atom is -0.338 e. The zero-order valence-corrected chi connectivity index (χ0v) is 15.8. The van der Waals surface area contributed by atoms with E-state index < -0.39 is 11.9 Å². The maximum absolute atomic E-state index is 13.0. The number of rotatable bonds is 4. The third-order valence-electron chi connectivity index (χ3n) is 5.48. The number of benzene rings is 1. The van der Waals surface area contributed by atoms with Crippen LogP contribution < -0.4 is 10.2 Å². The molecule has 0 bridgehead atoms. The molecule has 2 amide bonds. The van der Waals surface area contributed by atoms with Gasteiger partial charge in [0.15, 0.2) is 11.5 Å². The standard InChI is InChI=1S/C20H19N7O2/c1-26-18-16(21-7-8-22-18)13-9-14(13)17(20(26)29)23-19(28)15-11-27(25-24-15)10-12-5-3-2-4-6-12/h2-8,11,13-14,17H,9-10H2,1H3,(H,23,28)/t13?,14?,17-/m0/s1. The highest BCUT2D eigenvalue weighted by Crippen LogP contribution is 2.53. The molecule has 9 nitrogen and oxygen atoms in total. The fraction of sp³-hybridized carbons (Fsp3) is 0.300. The Hall–Kier alpha value is -3.62. The van der Waals surface area contributed by atoms with Crippen LogP contribution in [0.1, 0.15) is 34.1 Å². The molecule has 1 N–H and O–H groups in total. The highest BCUT2D eigenvalue weighted by atomic mass is 16.2. The van der Waals surface area contributed by atoms with Gasteiger partial charge in [-0.05, 0) is 17.9 Å². The summed E-state index contributed by atoms with van der Waals surface area (Å²) in [6.07, 6.45) is 5.60. The van der Waals surface area contributed by atoms with Gasteiger partial charge in [0.1, 0.15) is 6.04 Å². The van der Waals surface area contributed by atoms with Crippen molar-refractivity contribution in [2.24, 2.45) is 5.92 Å². The molecule has 3 aromatic rings. The van der Waals surface area contributed by atoms with Crippen LogP contribution in [0.4, 0.5) is 5.82 Å². The third kappa shape index (κ3) is 3.14. The molecule has 5 rings (SSSR count). The van der Waals surface area contributed by atoms with Crippen LogP contribution in [-0.2, 0) is 11.3 Å². The van der Waals surface area contributed by atoms with Gasteiger partial charge in [0.25, 0.3) is 11.8 Å². The van der Waals surface area contributed by atoms with E-state index in [-0.39, 0.29) is 23.4 Å². The monoisotopic (exact) mass is 389 g/mol. The van der Waals surface area contributed by atoms with Crippen LogP contribution in [-0.4, -0.2) is 49.9 Å². The van der Waals surface area contributed by atoms with Gasteiger partial charge in [-0.1, -0.05) is 35.5 Å². The number of amides is 2. The van der Waals surface area contributed by atoms with E-state index in [9.17, 15) is 9.59 Å². The van der Waals surface area contributed by atoms with E-state index in [0.29, 0.717) is 12.4 Å². The molecule has 29 heavy (non-hydrogen) atoms. The number of likely N-dealkylation sites (N-methyl/N-ethyl adjacent to an activating group) is 1. The Morgan fingerprint density at radius 1 is 1.21 bits per heavy atom. The summed E-state index contributed by atoms with van der Waals surface area (Å²) in [5, 5.41) is 10.9. The van der Waals surface area contributed by atoms with Crippen LogP contribution in [0, 0.1) is 5.92 Å². The maximum atomic E-state index is 13.0. The van der Waals surface area contributed by atoms with Crippen molar-refractivity contribution < 1.29 is 9.59 Å². The third-order valence-corrected chi connectivity index (χ3v) is 5.48. The number of carbonyl (C=O) groups is 2. The minimum atomic E-state index is -0.632. The van der Waals surface area contributed by atoms with E-state index in [4.69, 9.17) is 0 Å². The second-order valence-corrected chi connectivity index (χ2v) is 7.41. The summed E-state index contributed by atoms with van der Waals surface area (Å²) >= 11 is 0. The fourth-order valence-electron chi connectivity index (χ4n) is 3.89. The van der Waals surface area contributed by atoms with Crippen molar-refractivity contribution in [3.63, 3.8) is 0 Å². The number of carbonyl (C=O) groups excluding carboxylic acids is 2. The van der Waals surface area contributed by atoms with E-state index in [2.05, 4.69) is 25.6 Å². The molecule has 1 aliphatic carbocycles. The lowest BCUT2D eigenvalue weighted by Gasteiger charge is -2.22. The summed E-state index contributed by atoms with van der Waals surface area (Å²) in [6.45, 7) is 0.517. The normalized spacial score (nSPS) is 22.4. The predicted molar refractivity (Wildman–Crippen MR) is 103 cm³/mol. The molecule has 2 unspecified atom stereocenters. The molecule has 146 valence electrons. The van der Waals surface area contributed by atoms with Crippen molar-refractivity contribution in [1.82, 2.24) is 30.3 Å². The zero-order valence-electron chi connectivity index (χ0n) is 15.8. The molecule has 1 fully saturated rings. The SMILES string of the molecule is CN1C(=O)[C@@H](NC(=O)c2cn(Cc3ccccc3)nn2)C2CC2c2nccnc21. The Morgan fingerprint density at radius 2 is 2.00 bits per heavy atom. The van der Waals surface area contributed by atoms with E-state index in [1.54, 1.807) is 30.3 Å². The lowest BCUT2D eigenvalue weighted by atomic mass is 10.1. The first kappa shape index (κ1) is 17.5. The molecule has 2 aromatic heterocycles. The second-order valence-electron chi connectivity index (χ2n) is 7.41. The molecule has 1 aromatic carbocycles. The highest BCUT2D eigenvalue weighted by Gasteiger charge is 2.53. The number of nitrogens with zero attached hydrogens (tertiary/aromatic N) is 6. The molecule has 1 saturated carbocycles. The van der Waals surface area contributed by atoms with Gasteiger partial charge < -0.3 is 5.32 Å². The van der Waals surface area contributed by atoms with Crippen molar-refractivity contribution in [3.8, 4) is 0 Å². The molecular weight excluding hydrogens is 370 g/mol. The summed E-state index contributed by atoms with van der Waals surface area (Å²) in [4.78, 5) is 35.9. The molecule has 0 radical (unpaired) electrons. The zero-order chi connectivity index (χ0) is 20.0. The summed E-state index contributed by atoms with van der Waals surface area (Å²) in [5.74, 6) is 0.115. The van der Waals surface area contributed by atoms with Crippen LogP contribution >= 0.6 is 0 Å². The smallest absolute Gasteiger partial charge is 0.274 e. The number of hydrogen-bond acceptors (Lipinski definition) is 6. The lowest BCUT2D eigenvalue weighted by Crippen LogP contribution is -2.48. The highest BCUT2D eigenvalue weighted by molar-refractivity contribution is 6.02. The molecule has 0 spiro atoms. The molecule has 3 atom stereocenters. The second kappa shape index (κ2) is 6.77. The van der Waals surface area contributed by atoms with E-state index in [1.807, 2.05) is 30.3 Å². The molecule has 1 aliphatic heterocycles. The van der Waals surface area contributed by atoms with Gasteiger partial charge in [-0.15, -0.1) is 5.10 Å². The average Bonchev–Trinajstić information content (AvgIpc) is 3.41. The Labute approximate surface area is 166 Å². The van der Waals surface area contributed by atoms with E-state index in [0.717, 1.165) is 17.7 Å². The molecule has 3 heterocycles. The van der Waals surface area contributed by atoms with E-state index in [1.165, 1.54) is 4.90 Å². The van der Waals surface area contributed by atoms with Crippen LogP contribution in [0.5, 0.6) is 0 Å². The van der Waals surface area contributed by atoms with E-state index >= 15 is 0 Å². The van der Waals surface area contributed by atoms with Crippen molar-refractivity contribution in [2.45, 2.75) is 24.9 Å². The van der Waals surface area contributed by atoms with Crippen LogP contribution in [0.3, 0.4) is 0 Å². The minimum absolute atomic E-state index is 0.0196. The van der Waals surface area contributed by atoms with Crippen molar-refractivity contribution in [1.29, 1.82) is 0 Å². The summed E-state index contributed by atoms with van der Waals surface area (Å²) in [6, 6.07) is 9.17. The first-order valence-corrected chi connectivity index (χ1v) is 9.45. The first-order valence-electron chi connectivity index (χ1n) is 9.45. The largest absolute Gasteiger partial charge is 0.338 e. The van der Waals surface area contributed by atoms with Crippen LogP contribution in [0.2, 0.25) is 0 Å². The Kier molecular flexibility index (Phi) is 4.08. The Bertz CT molecular complexity index is 1080. The topological polar surface area (TPSA) is 106 Å². The average molecular weight is 389 g/mol. The quantitative estimate of drug-likeness (QED) is 0.713. The number of anilines is 1. The van der Waals surface area contributed by atoms with Gasteiger partial charge in [0.05, 0.1) is 18.4 Å². The Balaban J connectivity index is 1.32. The molecule has 0 saturated heterocycles. The van der Waals surface area contributed by atoms with Gasteiger partial charge in [-0.3, -0.25) is 19.5 Å². The summed E-state index contributed by atoms with van der Waals surface area (Å²) in [5.41, 5.74) is 2.06. The van der Waals surface area contributed by atoms with Gasteiger partial charge in [-0.2, -0.15) is 0 Å². The van der Waals surface area contributed by atoms with Gasteiger partial charge in [0, 0.05) is 25.4 Å². The van der Waals surface area contributed by atoms with Crippen molar-refractivity contribution in [2.75, 3.05) is 11.9 Å². The lowest BCUT2D eigenvalue weighted by molar-refractivity contribution is -0.120. The van der Waals surface area contributed by atoms with Crippen molar-refractivity contribution in [3.05, 3.63) is 65.9 Å². The number of nitrogens with one attached hydrogen (secondary N) is 1. The molecule has 2 aliphatic rings. The number of aromatic nitrogens is 5.